The van der Waals surface area contributed by atoms with Gasteiger partial charge in [0.2, 0.25) is 6.33 Å². The van der Waals surface area contributed by atoms with Crippen molar-refractivity contribution in [2.75, 3.05) is 0 Å². The molecule has 1 aromatic rings. The molecule has 0 atom stereocenters. The van der Waals surface area contributed by atoms with E-state index >= 15 is 0 Å². The second-order valence-corrected chi connectivity index (χ2v) is 2.40. The highest BCUT2D eigenvalue weighted by atomic mass is 15.1. The van der Waals surface area contributed by atoms with Gasteiger partial charge in [0.05, 0.1) is 19.2 Å². The van der Waals surface area contributed by atoms with E-state index in [1.54, 1.807) is 0 Å². The van der Waals surface area contributed by atoms with Gasteiger partial charge in [-0.2, -0.15) is 5.26 Å². The molecule has 0 aromatic carbocycles. The maximum absolute atomic E-state index is 8.36. The van der Waals surface area contributed by atoms with Crippen molar-refractivity contribution in [3.05, 3.63) is 24.8 Å². The molecule has 0 aliphatic carbocycles. The first-order chi connectivity index (χ1) is 5.24. The molecular formula is C8H10N3+. The summed E-state index contributed by atoms with van der Waals surface area (Å²) in [5.41, 5.74) is 0.924. The van der Waals surface area contributed by atoms with Gasteiger partial charge < -0.3 is 0 Å². The van der Waals surface area contributed by atoms with E-state index in [0.29, 0.717) is 0 Å². The summed E-state index contributed by atoms with van der Waals surface area (Å²) >= 11 is 0. The minimum atomic E-state index is 0.924. The van der Waals surface area contributed by atoms with E-state index < -0.39 is 0 Å². The summed E-state index contributed by atoms with van der Waals surface area (Å²) in [5, 5.41) is 8.36. The highest BCUT2D eigenvalue weighted by molar-refractivity contribution is 5.45. The zero-order valence-corrected chi connectivity index (χ0v) is 6.65. The van der Waals surface area contributed by atoms with Crippen molar-refractivity contribution in [1.82, 2.24) is 4.57 Å². The number of hydrogen-bond donors (Lipinski definition) is 0. The van der Waals surface area contributed by atoms with Gasteiger partial charge in [-0.3, -0.25) is 0 Å². The maximum atomic E-state index is 8.36. The first-order valence-corrected chi connectivity index (χ1v) is 3.34. The molecular weight excluding hydrogens is 138 g/mol. The summed E-state index contributed by atoms with van der Waals surface area (Å²) < 4.78 is 3.82. The third-order valence-electron chi connectivity index (χ3n) is 1.45. The highest BCUT2D eigenvalue weighted by Gasteiger charge is 2.00. The predicted molar refractivity (Wildman–Crippen MR) is 41.2 cm³/mol. The summed E-state index contributed by atoms with van der Waals surface area (Å²) in [6, 6.07) is 1.98. The number of hydrogen-bond acceptors (Lipinski definition) is 1. The van der Waals surface area contributed by atoms with Crippen LogP contribution in [-0.2, 0) is 7.05 Å². The number of nitriles is 1. The van der Waals surface area contributed by atoms with Crippen LogP contribution in [-0.4, -0.2) is 4.57 Å². The standard InChI is InChI=1S/C8H10N3/c1-8(3-4-9)11-6-5-10(2)7-11/h3,5-7H,1-2H3/q+1/b8-3+. The van der Waals surface area contributed by atoms with Gasteiger partial charge in [0.25, 0.3) is 0 Å². The third kappa shape index (κ3) is 1.68. The fourth-order valence-electron chi connectivity index (χ4n) is 0.827. The van der Waals surface area contributed by atoms with Crippen molar-refractivity contribution in [1.29, 1.82) is 5.26 Å². The van der Waals surface area contributed by atoms with Crippen LogP contribution in [0, 0.1) is 11.3 Å². The molecule has 0 saturated carbocycles. The Morgan fingerprint density at radius 1 is 1.73 bits per heavy atom. The Bertz CT molecular complexity index is 314. The van der Waals surface area contributed by atoms with Crippen molar-refractivity contribution in [3.8, 4) is 6.07 Å². The quantitative estimate of drug-likeness (QED) is 0.426. The molecule has 0 radical (unpaired) electrons. The van der Waals surface area contributed by atoms with Gasteiger partial charge in [-0.15, -0.1) is 0 Å². The molecule has 0 unspecified atom stereocenters. The smallest absolute Gasteiger partial charge is 0.239 e. The third-order valence-corrected chi connectivity index (χ3v) is 1.45. The SMILES string of the molecule is C/C(=C\C#N)n1cc[n+](C)c1. The van der Waals surface area contributed by atoms with Gasteiger partial charge in [0, 0.05) is 0 Å². The van der Waals surface area contributed by atoms with Crippen molar-refractivity contribution in [2.24, 2.45) is 7.05 Å². The van der Waals surface area contributed by atoms with Gasteiger partial charge >= 0.3 is 0 Å². The van der Waals surface area contributed by atoms with Crippen LogP contribution in [0.15, 0.2) is 24.8 Å². The lowest BCUT2D eigenvalue weighted by atomic mass is 10.4. The van der Waals surface area contributed by atoms with Crippen LogP contribution < -0.4 is 4.57 Å². The monoisotopic (exact) mass is 148 g/mol. The molecule has 3 heteroatoms. The molecule has 0 spiro atoms. The minimum Gasteiger partial charge on any atom is -0.239 e. The van der Waals surface area contributed by atoms with E-state index in [4.69, 9.17) is 5.26 Å². The lowest BCUT2D eigenvalue weighted by molar-refractivity contribution is -0.670. The molecule has 0 aliphatic rings. The molecule has 0 amide bonds. The average molecular weight is 148 g/mol. The Morgan fingerprint density at radius 2 is 2.45 bits per heavy atom. The molecule has 11 heavy (non-hydrogen) atoms. The number of nitrogens with zero attached hydrogens (tertiary/aromatic N) is 3. The zero-order valence-electron chi connectivity index (χ0n) is 6.65. The molecule has 56 valence electrons. The number of rotatable bonds is 1. The van der Waals surface area contributed by atoms with Crippen LogP contribution in [0.3, 0.4) is 0 Å². The summed E-state index contributed by atoms with van der Waals surface area (Å²) in [5.74, 6) is 0. The summed E-state index contributed by atoms with van der Waals surface area (Å²) in [4.78, 5) is 0. The molecule has 1 aromatic heterocycles. The number of aromatic nitrogens is 2. The van der Waals surface area contributed by atoms with Crippen LogP contribution >= 0.6 is 0 Å². The van der Waals surface area contributed by atoms with Crippen molar-refractivity contribution >= 4 is 5.70 Å². The van der Waals surface area contributed by atoms with Gasteiger partial charge in [-0.1, -0.05) is 0 Å². The Kier molecular flexibility index (Phi) is 2.07. The van der Waals surface area contributed by atoms with E-state index in [0.717, 1.165) is 5.70 Å². The molecule has 1 heterocycles. The Balaban J connectivity index is 2.95. The molecule has 1 rings (SSSR count). The maximum Gasteiger partial charge on any atom is 0.248 e. The highest BCUT2D eigenvalue weighted by Crippen LogP contribution is 1.98. The molecule has 0 saturated heterocycles. The van der Waals surface area contributed by atoms with E-state index in [9.17, 15) is 0 Å². The van der Waals surface area contributed by atoms with Gasteiger partial charge in [0.15, 0.2) is 0 Å². The average Bonchev–Trinajstić information content (AvgIpc) is 2.36. The first-order valence-electron chi connectivity index (χ1n) is 3.34. The normalized spacial score (nSPS) is 11.2. The number of aryl methyl sites for hydroxylation is 1. The number of imidazole rings is 1. The zero-order chi connectivity index (χ0) is 8.27. The largest absolute Gasteiger partial charge is 0.248 e. The van der Waals surface area contributed by atoms with E-state index in [1.165, 1.54) is 6.08 Å². The minimum absolute atomic E-state index is 0.924. The summed E-state index contributed by atoms with van der Waals surface area (Å²) in [6.45, 7) is 1.89. The van der Waals surface area contributed by atoms with Gasteiger partial charge in [-0.05, 0) is 6.92 Å². The molecule has 0 aliphatic heterocycles. The summed E-state index contributed by atoms with van der Waals surface area (Å²) in [7, 11) is 1.94. The van der Waals surface area contributed by atoms with Crippen molar-refractivity contribution in [3.63, 3.8) is 0 Å². The van der Waals surface area contributed by atoms with E-state index in [1.807, 2.05) is 47.9 Å². The lowest BCUT2D eigenvalue weighted by Gasteiger charge is -1.88. The Labute approximate surface area is 65.8 Å². The summed E-state index contributed by atoms with van der Waals surface area (Å²) in [6.07, 6.45) is 7.25. The van der Waals surface area contributed by atoms with Crippen LogP contribution in [0.5, 0.6) is 0 Å². The van der Waals surface area contributed by atoms with Crippen LogP contribution in [0.2, 0.25) is 0 Å². The van der Waals surface area contributed by atoms with E-state index in [2.05, 4.69) is 0 Å². The molecule has 0 fully saturated rings. The second-order valence-electron chi connectivity index (χ2n) is 2.40. The Hall–Kier alpha value is -1.56. The fourth-order valence-corrected chi connectivity index (χ4v) is 0.827. The van der Waals surface area contributed by atoms with Crippen molar-refractivity contribution < 1.29 is 4.57 Å². The van der Waals surface area contributed by atoms with Crippen LogP contribution in [0.25, 0.3) is 5.70 Å². The van der Waals surface area contributed by atoms with Gasteiger partial charge in [-0.25, -0.2) is 9.13 Å². The van der Waals surface area contributed by atoms with Crippen molar-refractivity contribution in [2.45, 2.75) is 6.92 Å². The molecule has 3 nitrogen and oxygen atoms in total. The van der Waals surface area contributed by atoms with Gasteiger partial charge in [0.1, 0.15) is 18.1 Å². The van der Waals surface area contributed by atoms with Crippen LogP contribution in [0.1, 0.15) is 6.92 Å². The second kappa shape index (κ2) is 3.02. The fraction of sp³-hybridized carbons (Fsp3) is 0.250. The topological polar surface area (TPSA) is 32.6 Å². The Morgan fingerprint density at radius 3 is 2.91 bits per heavy atom. The van der Waals surface area contributed by atoms with E-state index in [-0.39, 0.29) is 0 Å². The number of allylic oxidation sites excluding steroid dienone is 2. The predicted octanol–water partition coefficient (Wildman–Crippen LogP) is 0.697. The lowest BCUT2D eigenvalue weighted by Crippen LogP contribution is -2.23. The first kappa shape index (κ1) is 7.55. The van der Waals surface area contributed by atoms with Crippen LogP contribution in [0.4, 0.5) is 0 Å². The molecule has 0 bridgehead atoms. The molecule has 0 N–H and O–H groups in total.